The van der Waals surface area contributed by atoms with E-state index in [1.807, 2.05) is 48.2 Å². The van der Waals surface area contributed by atoms with E-state index in [1.54, 1.807) is 48.5 Å². The smallest absolute Gasteiger partial charge is 0.211 e. The number of likely N-dealkylation sites (tertiary alicyclic amines) is 1. The lowest BCUT2D eigenvalue weighted by Crippen LogP contribution is -2.70. The van der Waals surface area contributed by atoms with Gasteiger partial charge < -0.3 is 20.3 Å². The highest BCUT2D eigenvalue weighted by atomic mass is 35.5. The van der Waals surface area contributed by atoms with E-state index in [2.05, 4.69) is 12.2 Å². The summed E-state index contributed by atoms with van der Waals surface area (Å²) in [5.74, 6) is -1.11. The Hall–Kier alpha value is -3.77. The molecule has 12 heteroatoms. The molecular weight excluding hydrogens is 788 g/mol. The van der Waals surface area contributed by atoms with Crippen molar-refractivity contribution in [2.24, 2.45) is 11.3 Å². The molecule has 2 heterocycles. The molecule has 3 aliphatic rings. The van der Waals surface area contributed by atoms with Crippen LogP contribution < -0.4 is 5.32 Å². The molecule has 310 valence electrons. The van der Waals surface area contributed by atoms with Gasteiger partial charge in [0.15, 0.2) is 0 Å². The summed E-state index contributed by atoms with van der Waals surface area (Å²) in [5.41, 5.74) is -1.36. The minimum absolute atomic E-state index is 0.0408. The van der Waals surface area contributed by atoms with Crippen LogP contribution in [0.3, 0.4) is 0 Å². The number of aliphatic hydroxyl groups excluding tert-OH is 2. The average Bonchev–Trinajstić information content (AvgIpc) is 3.43. The average molecular weight is 840 g/mol. The van der Waals surface area contributed by atoms with Crippen LogP contribution in [0.25, 0.3) is 0 Å². The molecule has 4 aromatic rings. The summed E-state index contributed by atoms with van der Waals surface area (Å²) in [6.07, 6.45) is 1.57. The van der Waals surface area contributed by atoms with Gasteiger partial charge in [-0.15, -0.1) is 0 Å². The van der Waals surface area contributed by atoms with Gasteiger partial charge in [0.1, 0.15) is 11.6 Å². The van der Waals surface area contributed by atoms with Crippen molar-refractivity contribution in [3.63, 3.8) is 0 Å². The summed E-state index contributed by atoms with van der Waals surface area (Å²) in [6.45, 7) is 4.61. The molecule has 1 spiro atoms. The molecule has 2 aliphatic heterocycles. The molecule has 58 heavy (non-hydrogen) atoms. The number of amides is 1. The van der Waals surface area contributed by atoms with Crippen LogP contribution in [0.2, 0.25) is 10.0 Å². The number of carbonyl (C=O) groups is 2. The van der Waals surface area contributed by atoms with Gasteiger partial charge in [-0.1, -0.05) is 104 Å². The number of carbonyl (C=O) groups excluding carboxylic acids is 2. The zero-order chi connectivity index (χ0) is 41.8. The standard InChI is InChI=1S/C39H37Cl2F3N2O3.C7H14O2/c1-24(48)34-33(27-15-29(41)17-30(44)16-27)37(2,31-14-13-28(40)18-32(31)45-23-47)39(19-38(20-39,21-42)22-43)46(34)35(25-9-5-3-6-10-25)36(49)26-11-7-4-8-12-26;1-6-2-3-7(4-8)9-5-6/h3-18,23,33-36,49H,19-22H2,1-2H3,(H,45,47);6-8H,2-5H2,1H3/t33?,34-,35?,36?,37?;6?,7-/m00/s1. The Morgan fingerprint density at radius 2 is 1.59 bits per heavy atom. The van der Waals surface area contributed by atoms with Gasteiger partial charge >= 0.3 is 0 Å². The molecule has 1 aliphatic carbocycles. The maximum Gasteiger partial charge on any atom is 0.211 e. The highest BCUT2D eigenvalue weighted by molar-refractivity contribution is 6.31. The zero-order valence-electron chi connectivity index (χ0n) is 32.9. The number of halogens is 5. The number of ether oxygens (including phenoxy) is 1. The van der Waals surface area contributed by atoms with Gasteiger partial charge in [0.2, 0.25) is 6.41 Å². The van der Waals surface area contributed by atoms with Crippen LogP contribution in [0, 0.1) is 17.2 Å². The number of hydrogen-bond acceptors (Lipinski definition) is 6. The number of Topliss-reactive ketones (excluding diaryl/α,β-unsaturated/α-hetero) is 1. The number of alkyl halides is 2. The van der Waals surface area contributed by atoms with Crippen LogP contribution in [-0.2, 0) is 19.7 Å². The molecule has 3 N–H and O–H groups in total. The van der Waals surface area contributed by atoms with Crippen LogP contribution in [0.15, 0.2) is 97.1 Å². The molecule has 0 bridgehead atoms. The molecule has 1 amide bonds. The molecule has 7 rings (SSSR count). The van der Waals surface area contributed by atoms with Crippen LogP contribution >= 0.6 is 23.2 Å². The summed E-state index contributed by atoms with van der Waals surface area (Å²) in [5, 5.41) is 24.2. The SMILES string of the molecule is CC(=O)[C@H]1C(c2cc(F)cc(Cl)c2)C(C)(c2ccc(Cl)cc2NC=O)C2(CC(CF)(CF)C2)N1C(c1ccccc1)C(O)c1ccccc1.CC1CC[C@@H](CO)OC1. The number of aliphatic hydroxyl groups is 2. The lowest BCUT2D eigenvalue weighted by molar-refractivity contribution is -0.157. The first kappa shape index (κ1) is 43.8. The molecule has 3 fully saturated rings. The van der Waals surface area contributed by atoms with E-state index >= 15 is 4.39 Å². The van der Waals surface area contributed by atoms with Crippen LogP contribution in [0.1, 0.15) is 86.8 Å². The Labute approximate surface area is 348 Å². The van der Waals surface area contributed by atoms with E-state index in [4.69, 9.17) is 33.0 Å². The first-order valence-corrected chi connectivity index (χ1v) is 20.4. The van der Waals surface area contributed by atoms with Crippen molar-refractivity contribution >= 4 is 41.1 Å². The Morgan fingerprint density at radius 1 is 0.948 bits per heavy atom. The van der Waals surface area contributed by atoms with Gasteiger partial charge in [-0.3, -0.25) is 23.3 Å². The Bertz CT molecular complexity index is 2000. The molecule has 4 aromatic carbocycles. The maximum atomic E-state index is 15.3. The molecule has 7 nitrogen and oxygen atoms in total. The summed E-state index contributed by atoms with van der Waals surface area (Å²) >= 11 is 12.9. The van der Waals surface area contributed by atoms with E-state index < -0.39 is 59.6 Å². The van der Waals surface area contributed by atoms with Gasteiger partial charge in [0, 0.05) is 44.6 Å². The fraction of sp³-hybridized carbons (Fsp3) is 0.435. The van der Waals surface area contributed by atoms with Crippen molar-refractivity contribution in [2.75, 3.05) is 31.9 Å². The largest absolute Gasteiger partial charge is 0.394 e. The zero-order valence-corrected chi connectivity index (χ0v) is 34.4. The predicted octanol–water partition coefficient (Wildman–Crippen LogP) is 9.74. The van der Waals surface area contributed by atoms with Crippen LogP contribution in [0.4, 0.5) is 18.9 Å². The number of hydrogen-bond donors (Lipinski definition) is 3. The first-order valence-electron chi connectivity index (χ1n) is 19.7. The summed E-state index contributed by atoms with van der Waals surface area (Å²) in [7, 11) is 0. The van der Waals surface area contributed by atoms with Gasteiger partial charge in [-0.05, 0) is 91.1 Å². The van der Waals surface area contributed by atoms with Crippen molar-refractivity contribution in [2.45, 2.75) is 87.6 Å². The lowest BCUT2D eigenvalue weighted by atomic mass is 9.45. The fourth-order valence-corrected chi connectivity index (χ4v) is 10.4. The van der Waals surface area contributed by atoms with Gasteiger partial charge in [-0.25, -0.2) is 4.39 Å². The normalized spacial score (nSPS) is 25.8. The molecule has 2 saturated heterocycles. The number of benzene rings is 4. The molecule has 1 saturated carbocycles. The van der Waals surface area contributed by atoms with Gasteiger partial charge in [0.05, 0.1) is 44.2 Å². The minimum Gasteiger partial charge on any atom is -0.394 e. The van der Waals surface area contributed by atoms with Crippen LogP contribution in [-0.4, -0.2) is 71.6 Å². The van der Waals surface area contributed by atoms with Crippen molar-refractivity contribution in [1.82, 2.24) is 4.90 Å². The summed E-state index contributed by atoms with van der Waals surface area (Å²) < 4.78 is 50.6. The minimum atomic E-state index is -1.38. The second kappa shape index (κ2) is 18.2. The van der Waals surface area contributed by atoms with Gasteiger partial charge in [0.25, 0.3) is 0 Å². The summed E-state index contributed by atoms with van der Waals surface area (Å²) in [4.78, 5) is 28.3. The van der Waals surface area contributed by atoms with Crippen molar-refractivity contribution < 1.29 is 37.7 Å². The van der Waals surface area contributed by atoms with Crippen molar-refractivity contribution in [1.29, 1.82) is 0 Å². The quantitative estimate of drug-likeness (QED) is 0.123. The first-order chi connectivity index (χ1) is 27.8. The molecule has 7 atom stereocenters. The third-order valence-electron chi connectivity index (χ3n) is 12.7. The Morgan fingerprint density at radius 3 is 2.12 bits per heavy atom. The second-order valence-corrected chi connectivity index (χ2v) is 17.4. The lowest BCUT2D eigenvalue weighted by Gasteiger charge is -2.64. The highest BCUT2D eigenvalue weighted by Crippen LogP contribution is 2.72. The second-order valence-electron chi connectivity index (χ2n) is 16.5. The number of nitrogens with zero attached hydrogens (tertiary/aromatic N) is 1. The van der Waals surface area contributed by atoms with Gasteiger partial charge in [-0.2, -0.15) is 0 Å². The predicted molar refractivity (Wildman–Crippen MR) is 221 cm³/mol. The third kappa shape index (κ3) is 8.21. The molecule has 5 unspecified atom stereocenters. The summed E-state index contributed by atoms with van der Waals surface area (Å²) in [6, 6.07) is 25.3. The van der Waals surface area contributed by atoms with Crippen molar-refractivity contribution in [3.05, 3.63) is 135 Å². The molecule has 0 aromatic heterocycles. The fourth-order valence-electron chi connectivity index (χ4n) is 10.0. The number of rotatable bonds is 12. The highest BCUT2D eigenvalue weighted by Gasteiger charge is 2.76. The topological polar surface area (TPSA) is 99.1 Å². The third-order valence-corrected chi connectivity index (χ3v) is 13.2. The van der Waals surface area contributed by atoms with E-state index in [0.29, 0.717) is 45.3 Å². The molecular formula is C46H51Cl2F3N2O5. The van der Waals surface area contributed by atoms with E-state index in [9.17, 15) is 23.5 Å². The van der Waals surface area contributed by atoms with Crippen molar-refractivity contribution in [3.8, 4) is 0 Å². The maximum absolute atomic E-state index is 15.3. The van der Waals surface area contributed by atoms with E-state index in [1.165, 1.54) is 25.5 Å². The Balaban J connectivity index is 0.000000557. The number of nitrogens with one attached hydrogen (secondary N) is 1. The Kier molecular flexibility index (Phi) is 13.8. The van der Waals surface area contributed by atoms with E-state index in [-0.39, 0.29) is 36.4 Å². The van der Waals surface area contributed by atoms with Crippen LogP contribution in [0.5, 0.6) is 0 Å². The van der Waals surface area contributed by atoms with E-state index in [0.717, 1.165) is 13.0 Å². The number of ketones is 1. The number of anilines is 1. The monoisotopic (exact) mass is 838 g/mol. The molecule has 0 radical (unpaired) electrons.